The van der Waals surface area contributed by atoms with E-state index in [4.69, 9.17) is 0 Å². The highest BCUT2D eigenvalue weighted by molar-refractivity contribution is 5.21. The summed E-state index contributed by atoms with van der Waals surface area (Å²) in [6.07, 6.45) is 2.90. The maximum atomic E-state index is 9.98. The Balaban J connectivity index is 0. The zero-order chi connectivity index (χ0) is 10.1. The molecule has 0 heterocycles. The molecule has 68 valence electrons. The Morgan fingerprint density at radius 3 is 2.17 bits per heavy atom. The fourth-order valence-electron chi connectivity index (χ4n) is 0.374. The molecule has 0 spiro atoms. The Bertz CT molecular complexity index is 205. The maximum Gasteiger partial charge on any atom is 0.262 e. The summed E-state index contributed by atoms with van der Waals surface area (Å²) in [7, 11) is 0. The molecule has 0 aromatic rings. The van der Waals surface area contributed by atoms with Crippen LogP contribution in [0.3, 0.4) is 0 Å². The lowest BCUT2D eigenvalue weighted by atomic mass is 10.2. The van der Waals surface area contributed by atoms with Crippen molar-refractivity contribution in [2.75, 3.05) is 0 Å². The molecule has 0 aliphatic rings. The van der Waals surface area contributed by atoms with E-state index in [0.29, 0.717) is 0 Å². The Kier molecular flexibility index (Phi) is 8.51. The van der Waals surface area contributed by atoms with Crippen LogP contribution in [0.4, 0.5) is 0 Å². The van der Waals surface area contributed by atoms with Crippen LogP contribution in [-0.4, -0.2) is 4.92 Å². The smallest absolute Gasteiger partial charge is 0.258 e. The molecule has 12 heavy (non-hydrogen) atoms. The summed E-state index contributed by atoms with van der Waals surface area (Å²) < 4.78 is 0. The van der Waals surface area contributed by atoms with Crippen LogP contribution >= 0.6 is 0 Å². The average molecular weight is 169 g/mol. The molecule has 0 aliphatic carbocycles. The van der Waals surface area contributed by atoms with Gasteiger partial charge in [-0.2, -0.15) is 0 Å². The molecule has 0 bridgehead atoms. The van der Waals surface area contributed by atoms with E-state index in [2.05, 4.69) is 13.2 Å². The van der Waals surface area contributed by atoms with Crippen molar-refractivity contribution in [1.29, 1.82) is 0 Å². The van der Waals surface area contributed by atoms with Crippen molar-refractivity contribution >= 4 is 0 Å². The molecule has 0 unspecified atom stereocenters. The number of hydrogen-bond acceptors (Lipinski definition) is 2. The van der Waals surface area contributed by atoms with Gasteiger partial charge in [-0.05, 0) is 19.1 Å². The molecule has 0 aliphatic heterocycles. The Morgan fingerprint density at radius 1 is 1.50 bits per heavy atom. The first-order valence-electron chi connectivity index (χ1n) is 3.72. The van der Waals surface area contributed by atoms with Crippen LogP contribution in [0.1, 0.15) is 20.8 Å². The van der Waals surface area contributed by atoms with Gasteiger partial charge in [-0.3, -0.25) is 10.1 Å². The Labute approximate surface area is 73.2 Å². The van der Waals surface area contributed by atoms with Gasteiger partial charge in [-0.25, -0.2) is 0 Å². The maximum absolute atomic E-state index is 9.98. The molecule has 0 radical (unpaired) electrons. The highest BCUT2D eigenvalue weighted by atomic mass is 16.6. The van der Waals surface area contributed by atoms with Crippen LogP contribution in [0.5, 0.6) is 0 Å². The van der Waals surface area contributed by atoms with E-state index < -0.39 is 4.92 Å². The van der Waals surface area contributed by atoms with E-state index in [1.807, 2.05) is 13.8 Å². The molecule has 0 saturated heterocycles. The lowest BCUT2D eigenvalue weighted by Gasteiger charge is -1.88. The lowest BCUT2D eigenvalue weighted by molar-refractivity contribution is -0.418. The third-order valence-corrected chi connectivity index (χ3v) is 0.951. The molecule has 0 aromatic heterocycles. The lowest BCUT2D eigenvalue weighted by Crippen LogP contribution is -1.92. The normalized spacial score (nSPS) is 9.42. The first-order valence-corrected chi connectivity index (χ1v) is 3.72. The number of allylic oxidation sites excluding steroid dienone is 3. The predicted octanol–water partition coefficient (Wildman–Crippen LogP) is 2.94. The third-order valence-electron chi connectivity index (χ3n) is 0.951. The molecule has 0 saturated carbocycles. The molecular formula is C9H15NO2. The fourth-order valence-corrected chi connectivity index (χ4v) is 0.374. The molecule has 0 N–H and O–H groups in total. The van der Waals surface area contributed by atoms with E-state index in [9.17, 15) is 10.1 Å². The number of nitro groups is 1. The largest absolute Gasteiger partial charge is 0.262 e. The van der Waals surface area contributed by atoms with E-state index >= 15 is 0 Å². The molecule has 0 amide bonds. The minimum absolute atomic E-state index is 0.114. The van der Waals surface area contributed by atoms with E-state index in [1.54, 1.807) is 6.92 Å². The standard InChI is InChI=1S/C7H9NO2.C2H6/c1-4-6(2)5-7(3)8(9)10;1-2/h4-5H,1,3H2,2H3;1-2H3/b6-5-;. The third kappa shape index (κ3) is 6.74. The van der Waals surface area contributed by atoms with Crippen LogP contribution in [0, 0.1) is 10.1 Å². The van der Waals surface area contributed by atoms with Crippen LogP contribution in [-0.2, 0) is 0 Å². The summed E-state index contributed by atoms with van der Waals surface area (Å²) in [5.41, 5.74) is 0.624. The monoisotopic (exact) mass is 169 g/mol. The van der Waals surface area contributed by atoms with Crippen molar-refractivity contribution in [1.82, 2.24) is 0 Å². The topological polar surface area (TPSA) is 43.1 Å². The zero-order valence-electron chi connectivity index (χ0n) is 7.83. The number of rotatable bonds is 3. The van der Waals surface area contributed by atoms with E-state index in [-0.39, 0.29) is 5.70 Å². The van der Waals surface area contributed by atoms with Crippen LogP contribution in [0.15, 0.2) is 36.6 Å². The first-order chi connectivity index (χ1) is 5.57. The van der Waals surface area contributed by atoms with Gasteiger partial charge in [-0.1, -0.05) is 26.5 Å². The van der Waals surface area contributed by atoms with Gasteiger partial charge in [0.15, 0.2) is 0 Å². The quantitative estimate of drug-likeness (QED) is 0.370. The van der Waals surface area contributed by atoms with Gasteiger partial charge in [0.1, 0.15) is 0 Å². The SMILES string of the molecule is C=C/C(C)=C\C(=C)[N+](=O)[O-].CC. The zero-order valence-corrected chi connectivity index (χ0v) is 7.83. The number of hydrogen-bond donors (Lipinski definition) is 0. The van der Waals surface area contributed by atoms with Crippen molar-refractivity contribution in [3.8, 4) is 0 Å². The highest BCUT2D eigenvalue weighted by Crippen LogP contribution is 2.00. The van der Waals surface area contributed by atoms with Crippen LogP contribution < -0.4 is 0 Å². The minimum Gasteiger partial charge on any atom is -0.258 e. The molecule has 0 rings (SSSR count). The Morgan fingerprint density at radius 2 is 1.92 bits per heavy atom. The van der Waals surface area contributed by atoms with Gasteiger partial charge in [0, 0.05) is 6.08 Å². The summed E-state index contributed by atoms with van der Waals surface area (Å²) in [5.74, 6) is 0. The fraction of sp³-hybridized carbons (Fsp3) is 0.333. The summed E-state index contributed by atoms with van der Waals surface area (Å²) in [6, 6.07) is 0. The summed E-state index contributed by atoms with van der Waals surface area (Å²) >= 11 is 0. The molecule has 0 atom stereocenters. The first kappa shape index (κ1) is 13.2. The second kappa shape index (κ2) is 7.72. The van der Waals surface area contributed by atoms with E-state index in [1.165, 1.54) is 12.2 Å². The second-order valence-electron chi connectivity index (χ2n) is 1.84. The van der Waals surface area contributed by atoms with Crippen molar-refractivity contribution in [2.45, 2.75) is 20.8 Å². The summed E-state index contributed by atoms with van der Waals surface area (Å²) in [6.45, 7) is 12.4. The molecule has 0 fully saturated rings. The average Bonchev–Trinajstić information content (AvgIpc) is 2.07. The molecule has 3 heteroatoms. The van der Waals surface area contributed by atoms with Crippen molar-refractivity contribution < 1.29 is 4.92 Å². The molecule has 3 nitrogen and oxygen atoms in total. The second-order valence-corrected chi connectivity index (χ2v) is 1.84. The number of nitrogens with zero attached hydrogens (tertiary/aromatic N) is 1. The minimum atomic E-state index is -0.535. The van der Waals surface area contributed by atoms with E-state index in [0.717, 1.165) is 5.57 Å². The van der Waals surface area contributed by atoms with Gasteiger partial charge in [0.05, 0.1) is 4.92 Å². The Hall–Kier alpha value is -1.38. The van der Waals surface area contributed by atoms with Crippen molar-refractivity contribution in [3.63, 3.8) is 0 Å². The van der Waals surface area contributed by atoms with Crippen LogP contribution in [0.2, 0.25) is 0 Å². The van der Waals surface area contributed by atoms with Gasteiger partial charge in [0.2, 0.25) is 0 Å². The predicted molar refractivity (Wildman–Crippen MR) is 51.4 cm³/mol. The summed E-state index contributed by atoms with van der Waals surface area (Å²) in [4.78, 5) is 9.44. The van der Waals surface area contributed by atoms with Crippen molar-refractivity contribution in [2.24, 2.45) is 0 Å². The van der Waals surface area contributed by atoms with Crippen molar-refractivity contribution in [3.05, 3.63) is 46.7 Å². The van der Waals surface area contributed by atoms with Gasteiger partial charge in [0.25, 0.3) is 5.70 Å². The highest BCUT2D eigenvalue weighted by Gasteiger charge is 1.99. The summed E-state index contributed by atoms with van der Waals surface area (Å²) in [5, 5.41) is 9.98. The molecule has 0 aromatic carbocycles. The molecular weight excluding hydrogens is 154 g/mol. The van der Waals surface area contributed by atoms with Gasteiger partial charge >= 0.3 is 0 Å². The van der Waals surface area contributed by atoms with Gasteiger partial charge in [-0.15, -0.1) is 0 Å². The van der Waals surface area contributed by atoms with Crippen LogP contribution in [0.25, 0.3) is 0 Å². The van der Waals surface area contributed by atoms with Gasteiger partial charge < -0.3 is 0 Å².